The lowest BCUT2D eigenvalue weighted by Gasteiger charge is -2.35. The van der Waals surface area contributed by atoms with Crippen LogP contribution < -0.4 is 31.3 Å². The van der Waals surface area contributed by atoms with Gasteiger partial charge in [0.1, 0.15) is 41.4 Å². The van der Waals surface area contributed by atoms with Crippen molar-refractivity contribution in [3.8, 4) is 5.75 Å². The third kappa shape index (κ3) is 8.69. The number of likely N-dealkylation sites (N-methyl/N-ethyl adjacent to an activating group) is 1. The summed E-state index contributed by atoms with van der Waals surface area (Å²) in [6, 6.07) is 3.41. The van der Waals surface area contributed by atoms with Gasteiger partial charge in [0.05, 0.1) is 29.9 Å². The minimum Gasteiger partial charge on any atom is -0.491 e. The fourth-order valence-electron chi connectivity index (χ4n) is 5.28. The Kier molecular flexibility index (Phi) is 12.0. The molecule has 2 aromatic carbocycles. The van der Waals surface area contributed by atoms with E-state index >= 15 is 0 Å². The van der Waals surface area contributed by atoms with Crippen molar-refractivity contribution in [2.24, 2.45) is 5.41 Å². The Hall–Kier alpha value is -3.98. The molecule has 3 aromatic rings. The molecule has 0 unspecified atom stereocenters. The Morgan fingerprint density at radius 3 is 2.60 bits per heavy atom. The molecule has 3 amide bonds. The molecule has 1 aliphatic rings. The number of hydrogen-bond donors (Lipinski definition) is 5. The fourth-order valence-corrected chi connectivity index (χ4v) is 5.45. The molecule has 1 saturated heterocycles. The van der Waals surface area contributed by atoms with Crippen molar-refractivity contribution >= 4 is 51.7 Å². The van der Waals surface area contributed by atoms with Crippen molar-refractivity contribution in [1.82, 2.24) is 31.2 Å². The summed E-state index contributed by atoms with van der Waals surface area (Å²) in [4.78, 5) is 48.3. The molecule has 0 spiro atoms. The number of aromatic nitrogens is 2. The summed E-state index contributed by atoms with van der Waals surface area (Å²) in [5.74, 6) is -2.78. The molecule has 12 nitrogen and oxygen atoms in total. The van der Waals surface area contributed by atoms with Gasteiger partial charge in [0.25, 0.3) is 0 Å². The number of rotatable bonds is 14. The molecule has 2 heterocycles. The van der Waals surface area contributed by atoms with E-state index in [4.69, 9.17) is 21.1 Å². The average molecular weight is 676 g/mol. The molecule has 0 bridgehead atoms. The third-order valence-electron chi connectivity index (χ3n) is 8.08. The number of halogens is 3. The summed E-state index contributed by atoms with van der Waals surface area (Å²) in [6.45, 7) is 6.41. The van der Waals surface area contributed by atoms with Gasteiger partial charge in [-0.3, -0.25) is 19.7 Å². The maximum Gasteiger partial charge on any atom is 0.249 e. The van der Waals surface area contributed by atoms with Gasteiger partial charge in [-0.05, 0) is 69.0 Å². The molecule has 1 aliphatic heterocycles. The summed E-state index contributed by atoms with van der Waals surface area (Å²) < 4.78 is 39.8. The number of methoxy groups -OCH3 is 1. The quantitative estimate of drug-likeness (QED) is 0.127. The van der Waals surface area contributed by atoms with Crippen molar-refractivity contribution in [1.29, 1.82) is 0 Å². The molecule has 1 aromatic heterocycles. The summed E-state index contributed by atoms with van der Waals surface area (Å²) >= 11 is 5.79. The first-order valence-electron chi connectivity index (χ1n) is 15.2. The number of fused-ring (bicyclic) bond motifs is 1. The van der Waals surface area contributed by atoms with Crippen LogP contribution in [0.4, 0.5) is 20.3 Å². The SMILES string of the molecule is CN[C@@H](C)C(=O)N[C@H](C(=O)NC(=O)[C@@H]1CCCN1)C(C)(C)Cc1cc2c(Nc3ccc(F)c(Cl)c3F)ncnc2cc1OCCOC. The molecule has 254 valence electrons. The summed E-state index contributed by atoms with van der Waals surface area (Å²) in [7, 11) is 3.16. The lowest BCUT2D eigenvalue weighted by atomic mass is 9.77. The Bertz CT molecular complexity index is 1620. The van der Waals surface area contributed by atoms with Gasteiger partial charge in [-0.15, -0.1) is 0 Å². The Morgan fingerprint density at radius 2 is 1.91 bits per heavy atom. The van der Waals surface area contributed by atoms with E-state index in [1.807, 2.05) is 0 Å². The molecule has 0 aliphatic carbocycles. The number of hydrogen-bond acceptors (Lipinski definition) is 10. The van der Waals surface area contributed by atoms with Gasteiger partial charge in [-0.1, -0.05) is 25.4 Å². The zero-order valence-corrected chi connectivity index (χ0v) is 27.7. The Morgan fingerprint density at radius 1 is 1.15 bits per heavy atom. The van der Waals surface area contributed by atoms with E-state index in [9.17, 15) is 23.2 Å². The number of imide groups is 1. The highest BCUT2D eigenvalue weighted by atomic mass is 35.5. The summed E-state index contributed by atoms with van der Waals surface area (Å²) in [5, 5.41) is 13.9. The number of benzene rings is 2. The number of nitrogens with one attached hydrogen (secondary N) is 5. The Balaban J connectivity index is 1.74. The number of anilines is 2. The predicted molar refractivity (Wildman–Crippen MR) is 174 cm³/mol. The lowest BCUT2D eigenvalue weighted by molar-refractivity contribution is -0.137. The highest BCUT2D eigenvalue weighted by molar-refractivity contribution is 6.31. The molecule has 47 heavy (non-hydrogen) atoms. The van der Waals surface area contributed by atoms with Crippen LogP contribution in [-0.4, -0.2) is 79.7 Å². The fraction of sp³-hybridized carbons (Fsp3) is 0.469. The van der Waals surface area contributed by atoms with E-state index in [0.717, 1.165) is 12.5 Å². The van der Waals surface area contributed by atoms with E-state index in [0.29, 0.717) is 41.8 Å². The van der Waals surface area contributed by atoms with Crippen LogP contribution in [0.25, 0.3) is 10.9 Å². The normalized spacial score (nSPS) is 16.0. The zero-order valence-electron chi connectivity index (χ0n) is 26.9. The third-order valence-corrected chi connectivity index (χ3v) is 8.42. The predicted octanol–water partition coefficient (Wildman–Crippen LogP) is 3.39. The lowest BCUT2D eigenvalue weighted by Crippen LogP contribution is -2.59. The van der Waals surface area contributed by atoms with E-state index in [-0.39, 0.29) is 24.5 Å². The monoisotopic (exact) mass is 675 g/mol. The maximum atomic E-state index is 14.8. The minimum atomic E-state index is -1.14. The molecule has 0 radical (unpaired) electrons. The van der Waals surface area contributed by atoms with Crippen molar-refractivity contribution in [2.75, 3.05) is 39.2 Å². The van der Waals surface area contributed by atoms with Crippen molar-refractivity contribution in [3.05, 3.63) is 52.8 Å². The first-order chi connectivity index (χ1) is 22.4. The second-order valence-electron chi connectivity index (χ2n) is 12.0. The number of carbonyl (C=O) groups excluding carboxylic acids is 3. The number of carbonyl (C=O) groups is 3. The van der Waals surface area contributed by atoms with Crippen molar-refractivity contribution in [3.63, 3.8) is 0 Å². The van der Waals surface area contributed by atoms with Crippen LogP contribution in [0.2, 0.25) is 5.02 Å². The average Bonchev–Trinajstić information content (AvgIpc) is 3.59. The van der Waals surface area contributed by atoms with Gasteiger partial charge in [0, 0.05) is 18.6 Å². The largest absolute Gasteiger partial charge is 0.491 e. The summed E-state index contributed by atoms with van der Waals surface area (Å²) in [6.07, 6.45) is 2.86. The molecule has 15 heteroatoms. The standard InChI is InChI=1S/C32H40ClF2N7O5/c1-17(36-4)29(43)41-27(31(45)42-30(44)22-7-6-10-37-22)32(2,3)15-18-13-19-23(14-24(18)47-12-11-46-5)38-16-39-28(19)40-21-9-8-20(34)25(33)26(21)35/h8-9,13-14,16-17,22,27,36-37H,6-7,10-12,15H2,1-5H3,(H,41,43)(H,38,39,40)(H,42,44,45)/t17-,22-,27+/m0/s1. The van der Waals surface area contributed by atoms with Crippen LogP contribution in [0.5, 0.6) is 5.75 Å². The number of nitrogens with zero attached hydrogens (tertiary/aromatic N) is 2. The summed E-state index contributed by atoms with van der Waals surface area (Å²) in [5.41, 5.74) is -0.0429. The second-order valence-corrected chi connectivity index (χ2v) is 12.4. The first kappa shape index (κ1) is 35.9. The van der Waals surface area contributed by atoms with E-state index < -0.39 is 57.9 Å². The van der Waals surface area contributed by atoms with Crippen LogP contribution in [0.15, 0.2) is 30.6 Å². The zero-order chi connectivity index (χ0) is 34.3. The molecular formula is C32H40ClF2N7O5. The van der Waals surface area contributed by atoms with E-state index in [2.05, 4.69) is 36.6 Å². The smallest absolute Gasteiger partial charge is 0.249 e. The molecule has 1 fully saturated rings. The van der Waals surface area contributed by atoms with Crippen LogP contribution in [0.1, 0.15) is 39.2 Å². The van der Waals surface area contributed by atoms with Crippen LogP contribution in [0.3, 0.4) is 0 Å². The van der Waals surface area contributed by atoms with Crippen LogP contribution in [0, 0.1) is 17.0 Å². The van der Waals surface area contributed by atoms with Gasteiger partial charge in [0.15, 0.2) is 5.82 Å². The molecule has 5 N–H and O–H groups in total. The van der Waals surface area contributed by atoms with E-state index in [1.54, 1.807) is 47.1 Å². The van der Waals surface area contributed by atoms with Crippen LogP contribution >= 0.6 is 11.6 Å². The van der Waals surface area contributed by atoms with Gasteiger partial charge in [-0.2, -0.15) is 0 Å². The van der Waals surface area contributed by atoms with Crippen molar-refractivity contribution < 1.29 is 32.6 Å². The van der Waals surface area contributed by atoms with Gasteiger partial charge >= 0.3 is 0 Å². The first-order valence-corrected chi connectivity index (χ1v) is 15.6. The Labute approximate surface area is 276 Å². The van der Waals surface area contributed by atoms with Gasteiger partial charge in [-0.25, -0.2) is 18.7 Å². The highest BCUT2D eigenvalue weighted by Crippen LogP contribution is 2.36. The minimum absolute atomic E-state index is 0.0989. The van der Waals surface area contributed by atoms with Gasteiger partial charge in [0.2, 0.25) is 17.7 Å². The van der Waals surface area contributed by atoms with E-state index in [1.165, 1.54) is 12.4 Å². The topological polar surface area (TPSA) is 156 Å². The van der Waals surface area contributed by atoms with Crippen LogP contribution in [-0.2, 0) is 25.5 Å². The molecule has 0 saturated carbocycles. The maximum absolute atomic E-state index is 14.8. The second kappa shape index (κ2) is 15.7. The molecular weight excluding hydrogens is 636 g/mol. The molecule has 3 atom stereocenters. The van der Waals surface area contributed by atoms with Crippen molar-refractivity contribution in [2.45, 2.75) is 58.2 Å². The highest BCUT2D eigenvalue weighted by Gasteiger charge is 2.39. The number of amides is 3. The van der Waals surface area contributed by atoms with Gasteiger partial charge < -0.3 is 30.7 Å². The number of ether oxygens (including phenoxy) is 2. The molecule has 4 rings (SSSR count).